The molecule has 1 N–H and O–H groups in total. The second kappa shape index (κ2) is 9.07. The van der Waals surface area contributed by atoms with Crippen LogP contribution in [0, 0.1) is 6.92 Å². The highest BCUT2D eigenvalue weighted by Gasteiger charge is 2.32. The number of carbonyl (C=O) groups excluding carboxylic acids is 1. The van der Waals surface area contributed by atoms with Crippen molar-refractivity contribution in [1.82, 2.24) is 4.90 Å². The van der Waals surface area contributed by atoms with Crippen LogP contribution in [-0.2, 0) is 6.54 Å². The average Bonchev–Trinajstić information content (AvgIpc) is 3.18. The standard InChI is InChI=1S/C32H30N2O3/c1-19-13-27(20(2)33-29-10-5-4-7-23(29)18-35)32-28(14-19)30(36)16-31(37-32)22-11-12-26-21(3)34(17-24(26)15-22)25-8-6-9-25/h4-5,7,10-16,18,20,25,33H,3,6,8-9,17H2,1-2H3. The van der Waals surface area contributed by atoms with Gasteiger partial charge in [0.15, 0.2) is 11.7 Å². The van der Waals surface area contributed by atoms with Crippen LogP contribution in [0.1, 0.15) is 64.8 Å². The van der Waals surface area contributed by atoms with Gasteiger partial charge in [-0.2, -0.15) is 0 Å². The Labute approximate surface area is 216 Å². The Morgan fingerprint density at radius 1 is 1.11 bits per heavy atom. The number of rotatable bonds is 6. The summed E-state index contributed by atoms with van der Waals surface area (Å²) in [4.78, 5) is 27.2. The van der Waals surface area contributed by atoms with Crippen molar-refractivity contribution in [3.05, 3.63) is 105 Å². The van der Waals surface area contributed by atoms with E-state index >= 15 is 0 Å². The van der Waals surface area contributed by atoms with Crippen molar-refractivity contribution in [1.29, 1.82) is 0 Å². The Hall–Kier alpha value is -4.12. The van der Waals surface area contributed by atoms with Crippen LogP contribution in [0.25, 0.3) is 28.0 Å². The van der Waals surface area contributed by atoms with Crippen molar-refractivity contribution in [2.24, 2.45) is 0 Å². The van der Waals surface area contributed by atoms with Gasteiger partial charge in [0.1, 0.15) is 11.3 Å². The molecule has 1 unspecified atom stereocenters. The number of benzene rings is 3. The summed E-state index contributed by atoms with van der Waals surface area (Å²) in [6, 6.07) is 19.6. The van der Waals surface area contributed by atoms with Crippen LogP contribution >= 0.6 is 0 Å². The monoisotopic (exact) mass is 490 g/mol. The van der Waals surface area contributed by atoms with Gasteiger partial charge in [0.2, 0.25) is 0 Å². The molecule has 1 aliphatic heterocycles. The number of hydrogen-bond acceptors (Lipinski definition) is 5. The second-order valence-corrected chi connectivity index (χ2v) is 10.3. The van der Waals surface area contributed by atoms with E-state index in [4.69, 9.17) is 4.42 Å². The van der Waals surface area contributed by atoms with Crippen LogP contribution in [0.2, 0.25) is 0 Å². The molecule has 0 spiro atoms. The summed E-state index contributed by atoms with van der Waals surface area (Å²) in [6.07, 6.45) is 4.58. The molecule has 0 saturated heterocycles. The lowest BCUT2D eigenvalue weighted by Crippen LogP contribution is -2.35. The fourth-order valence-electron chi connectivity index (χ4n) is 5.58. The summed E-state index contributed by atoms with van der Waals surface area (Å²) < 4.78 is 6.48. The number of aldehydes is 1. The van der Waals surface area contributed by atoms with Crippen molar-refractivity contribution in [2.45, 2.75) is 51.7 Å². The van der Waals surface area contributed by atoms with Gasteiger partial charge in [-0.15, -0.1) is 0 Å². The van der Waals surface area contributed by atoms with E-state index in [1.807, 2.05) is 50.2 Å². The topological polar surface area (TPSA) is 62.6 Å². The molecule has 0 radical (unpaired) electrons. The van der Waals surface area contributed by atoms with Gasteiger partial charge in [-0.3, -0.25) is 9.59 Å². The lowest BCUT2D eigenvalue weighted by Gasteiger charge is -2.36. The highest BCUT2D eigenvalue weighted by atomic mass is 16.3. The van der Waals surface area contributed by atoms with E-state index < -0.39 is 0 Å². The fraction of sp³-hybridized carbons (Fsp3) is 0.250. The van der Waals surface area contributed by atoms with Crippen LogP contribution in [-0.4, -0.2) is 17.2 Å². The van der Waals surface area contributed by atoms with Crippen molar-refractivity contribution in [2.75, 3.05) is 5.32 Å². The molecule has 5 heteroatoms. The Morgan fingerprint density at radius 2 is 1.92 bits per heavy atom. The minimum atomic E-state index is -0.193. The van der Waals surface area contributed by atoms with Crippen LogP contribution < -0.4 is 10.7 Å². The third-order valence-electron chi connectivity index (χ3n) is 7.83. The van der Waals surface area contributed by atoms with E-state index in [0.29, 0.717) is 28.3 Å². The van der Waals surface area contributed by atoms with E-state index in [1.165, 1.54) is 30.4 Å². The quantitative estimate of drug-likeness (QED) is 0.292. The minimum absolute atomic E-state index is 0.0669. The average molecular weight is 491 g/mol. The van der Waals surface area contributed by atoms with Gasteiger partial charge >= 0.3 is 0 Å². The maximum absolute atomic E-state index is 13.3. The number of fused-ring (bicyclic) bond motifs is 2. The summed E-state index contributed by atoms with van der Waals surface area (Å²) in [5.41, 5.74) is 8.08. The predicted octanol–water partition coefficient (Wildman–Crippen LogP) is 7.09. The number of carbonyl (C=O) groups is 1. The molecular weight excluding hydrogens is 460 g/mol. The molecule has 3 aromatic carbocycles. The highest BCUT2D eigenvalue weighted by Crippen LogP contribution is 2.40. The smallest absolute Gasteiger partial charge is 0.193 e. The first kappa shape index (κ1) is 23.3. The molecule has 1 atom stereocenters. The SMILES string of the molecule is C=C1c2ccc(-c3cc(=O)c4cc(C)cc(C(C)Nc5ccccc5C=O)c4o3)cc2CN1C1CCC1. The van der Waals surface area contributed by atoms with Crippen LogP contribution in [0.5, 0.6) is 0 Å². The molecular formula is C32H30N2O3. The van der Waals surface area contributed by atoms with Gasteiger partial charge in [0.05, 0.1) is 11.4 Å². The Kier molecular flexibility index (Phi) is 5.71. The number of nitrogens with zero attached hydrogens (tertiary/aromatic N) is 1. The van der Waals surface area contributed by atoms with Gasteiger partial charge in [0, 0.05) is 52.3 Å². The highest BCUT2D eigenvalue weighted by molar-refractivity contribution is 5.86. The van der Waals surface area contributed by atoms with Crippen molar-refractivity contribution in [3.8, 4) is 11.3 Å². The fourth-order valence-corrected chi connectivity index (χ4v) is 5.58. The summed E-state index contributed by atoms with van der Waals surface area (Å²) in [6.45, 7) is 9.19. The number of aryl methyl sites for hydroxylation is 1. The van der Waals surface area contributed by atoms with E-state index in [0.717, 1.165) is 40.9 Å². The number of nitrogens with one attached hydrogen (secondary N) is 1. The number of anilines is 1. The first-order chi connectivity index (χ1) is 17.9. The molecule has 0 amide bonds. The molecule has 1 aromatic heterocycles. The first-order valence-electron chi connectivity index (χ1n) is 12.9. The molecule has 5 nitrogen and oxygen atoms in total. The Morgan fingerprint density at radius 3 is 2.68 bits per heavy atom. The summed E-state index contributed by atoms with van der Waals surface area (Å²) in [5.74, 6) is 0.554. The molecule has 4 aromatic rings. The Balaban J connectivity index is 1.40. The molecule has 1 aliphatic carbocycles. The van der Waals surface area contributed by atoms with Crippen LogP contribution in [0.4, 0.5) is 5.69 Å². The zero-order valence-electron chi connectivity index (χ0n) is 21.2. The van der Waals surface area contributed by atoms with Crippen molar-refractivity contribution >= 4 is 28.6 Å². The third kappa shape index (κ3) is 4.05. The largest absolute Gasteiger partial charge is 0.455 e. The van der Waals surface area contributed by atoms with Crippen molar-refractivity contribution < 1.29 is 9.21 Å². The summed E-state index contributed by atoms with van der Waals surface area (Å²) in [7, 11) is 0. The lowest BCUT2D eigenvalue weighted by atomic mass is 9.91. The van der Waals surface area contributed by atoms with E-state index in [1.54, 1.807) is 12.1 Å². The third-order valence-corrected chi connectivity index (χ3v) is 7.83. The molecule has 2 aliphatic rings. The van der Waals surface area contributed by atoms with Gasteiger partial charge in [-0.05, 0) is 68.5 Å². The van der Waals surface area contributed by atoms with Gasteiger partial charge in [-0.25, -0.2) is 0 Å². The molecule has 0 bridgehead atoms. The minimum Gasteiger partial charge on any atom is -0.455 e. The zero-order valence-corrected chi connectivity index (χ0v) is 21.2. The Bertz CT molecular complexity index is 1610. The molecule has 1 fully saturated rings. The molecule has 186 valence electrons. The number of para-hydroxylation sites is 1. The second-order valence-electron chi connectivity index (χ2n) is 10.3. The van der Waals surface area contributed by atoms with Gasteiger partial charge < -0.3 is 14.6 Å². The number of hydrogen-bond donors (Lipinski definition) is 1. The summed E-state index contributed by atoms with van der Waals surface area (Å²) >= 11 is 0. The van der Waals surface area contributed by atoms with Crippen LogP contribution in [0.15, 0.2) is 76.5 Å². The van der Waals surface area contributed by atoms with Crippen molar-refractivity contribution in [3.63, 3.8) is 0 Å². The zero-order chi connectivity index (χ0) is 25.7. The van der Waals surface area contributed by atoms with E-state index in [2.05, 4.69) is 28.9 Å². The summed E-state index contributed by atoms with van der Waals surface area (Å²) in [5, 5.41) is 3.99. The maximum Gasteiger partial charge on any atom is 0.193 e. The van der Waals surface area contributed by atoms with E-state index in [-0.39, 0.29) is 11.5 Å². The molecule has 37 heavy (non-hydrogen) atoms. The predicted molar refractivity (Wildman–Crippen MR) is 149 cm³/mol. The first-order valence-corrected chi connectivity index (χ1v) is 12.9. The molecule has 6 rings (SSSR count). The maximum atomic E-state index is 13.3. The van der Waals surface area contributed by atoms with Gasteiger partial charge in [-0.1, -0.05) is 36.9 Å². The normalized spacial score (nSPS) is 15.9. The van der Waals surface area contributed by atoms with Gasteiger partial charge in [0.25, 0.3) is 0 Å². The van der Waals surface area contributed by atoms with E-state index in [9.17, 15) is 9.59 Å². The lowest BCUT2D eigenvalue weighted by molar-refractivity contribution is 0.112. The molecule has 2 heterocycles. The molecule has 1 saturated carbocycles. The van der Waals surface area contributed by atoms with Crippen LogP contribution in [0.3, 0.4) is 0 Å².